The molecule has 2 atom stereocenters. The Bertz CT molecular complexity index is 501. The summed E-state index contributed by atoms with van der Waals surface area (Å²) in [5, 5.41) is 2.82. The molecule has 2 rings (SSSR count). The summed E-state index contributed by atoms with van der Waals surface area (Å²) in [5.41, 5.74) is 1.73. The van der Waals surface area contributed by atoms with Crippen LogP contribution in [0.5, 0.6) is 11.5 Å². The predicted octanol–water partition coefficient (Wildman–Crippen LogP) is 2.38. The molecular formula is C15H21NO4. The Labute approximate surface area is 119 Å². The molecule has 0 fully saturated rings. The molecule has 1 amide bonds. The number of anilines is 1. The second-order valence-electron chi connectivity index (χ2n) is 4.89. The van der Waals surface area contributed by atoms with Gasteiger partial charge in [-0.05, 0) is 26.8 Å². The van der Waals surface area contributed by atoms with E-state index in [1.165, 1.54) is 7.11 Å². The highest BCUT2D eigenvalue weighted by Gasteiger charge is 2.23. The summed E-state index contributed by atoms with van der Waals surface area (Å²) in [7, 11) is 1.50. The molecule has 1 aliphatic rings. The van der Waals surface area contributed by atoms with Crippen LogP contribution in [0.1, 0.15) is 26.3 Å². The molecule has 20 heavy (non-hydrogen) atoms. The number of methoxy groups -OCH3 is 1. The largest absolute Gasteiger partial charge is 0.492 e. The van der Waals surface area contributed by atoms with Crippen molar-refractivity contribution in [1.29, 1.82) is 0 Å². The highest BCUT2D eigenvalue weighted by atomic mass is 16.5. The zero-order valence-electron chi connectivity index (χ0n) is 12.4. The van der Waals surface area contributed by atoms with Crippen molar-refractivity contribution in [2.24, 2.45) is 0 Å². The topological polar surface area (TPSA) is 56.8 Å². The third kappa shape index (κ3) is 3.04. The molecule has 1 aromatic carbocycles. The number of fused-ring (bicyclic) bond motifs is 1. The molecule has 1 aromatic rings. The smallest absolute Gasteiger partial charge is 0.253 e. The lowest BCUT2D eigenvalue weighted by Crippen LogP contribution is -2.26. The van der Waals surface area contributed by atoms with Gasteiger partial charge in [0.2, 0.25) is 0 Å². The maximum Gasteiger partial charge on any atom is 0.253 e. The molecule has 0 saturated carbocycles. The van der Waals surface area contributed by atoms with Gasteiger partial charge in [-0.2, -0.15) is 0 Å². The first kappa shape index (κ1) is 14.7. The fourth-order valence-electron chi connectivity index (χ4n) is 2.15. The fraction of sp³-hybridized carbons (Fsp3) is 0.533. The summed E-state index contributed by atoms with van der Waals surface area (Å²) < 4.78 is 16.3. The van der Waals surface area contributed by atoms with E-state index in [1.54, 1.807) is 6.92 Å². The molecule has 5 heteroatoms. The van der Waals surface area contributed by atoms with Gasteiger partial charge in [0.1, 0.15) is 23.7 Å². The van der Waals surface area contributed by atoms with Gasteiger partial charge >= 0.3 is 0 Å². The molecule has 2 unspecified atom stereocenters. The molecule has 1 aliphatic heterocycles. The van der Waals surface area contributed by atoms with Crippen LogP contribution >= 0.6 is 0 Å². The van der Waals surface area contributed by atoms with Crippen LogP contribution in [0.25, 0.3) is 0 Å². The second kappa shape index (κ2) is 6.13. The first-order valence-corrected chi connectivity index (χ1v) is 6.85. The molecule has 110 valence electrons. The second-order valence-corrected chi connectivity index (χ2v) is 4.89. The molecular weight excluding hydrogens is 258 g/mol. The minimum Gasteiger partial charge on any atom is -0.492 e. The number of carbonyl (C=O) groups is 1. The van der Waals surface area contributed by atoms with E-state index in [2.05, 4.69) is 5.32 Å². The van der Waals surface area contributed by atoms with Crippen molar-refractivity contribution in [2.75, 3.05) is 19.0 Å². The molecule has 1 N–H and O–H groups in total. The summed E-state index contributed by atoms with van der Waals surface area (Å²) in [5.74, 6) is 1.27. The lowest BCUT2D eigenvalue weighted by molar-refractivity contribution is -0.124. The highest BCUT2D eigenvalue weighted by molar-refractivity contribution is 5.95. The van der Waals surface area contributed by atoms with Crippen LogP contribution in [0.15, 0.2) is 12.1 Å². The van der Waals surface area contributed by atoms with E-state index in [4.69, 9.17) is 14.2 Å². The molecule has 0 spiro atoms. The van der Waals surface area contributed by atoms with E-state index in [-0.39, 0.29) is 12.0 Å². The Kier molecular flexibility index (Phi) is 4.49. The summed E-state index contributed by atoms with van der Waals surface area (Å²) >= 11 is 0. The summed E-state index contributed by atoms with van der Waals surface area (Å²) in [4.78, 5) is 11.9. The number of hydrogen-bond acceptors (Lipinski definition) is 4. The van der Waals surface area contributed by atoms with Crippen molar-refractivity contribution in [1.82, 2.24) is 0 Å². The zero-order valence-corrected chi connectivity index (χ0v) is 12.4. The maximum atomic E-state index is 11.9. The van der Waals surface area contributed by atoms with E-state index in [0.717, 1.165) is 17.7 Å². The van der Waals surface area contributed by atoms with Crippen LogP contribution in [0, 0.1) is 0 Å². The van der Waals surface area contributed by atoms with Gasteiger partial charge in [-0.3, -0.25) is 4.79 Å². The zero-order chi connectivity index (χ0) is 14.7. The van der Waals surface area contributed by atoms with Gasteiger partial charge in [0.05, 0.1) is 12.3 Å². The molecule has 0 radical (unpaired) electrons. The SMILES string of the molecule is CCOc1cc2c(cc1NC(=O)C(C)OC)OC(C)C2. The van der Waals surface area contributed by atoms with Crippen molar-refractivity contribution in [3.8, 4) is 11.5 Å². The molecule has 5 nitrogen and oxygen atoms in total. The fourth-order valence-corrected chi connectivity index (χ4v) is 2.15. The third-order valence-electron chi connectivity index (χ3n) is 3.28. The Balaban J connectivity index is 2.27. The standard InChI is InChI=1S/C15H21NO4/c1-5-19-14-7-11-6-9(2)20-13(11)8-12(14)16-15(17)10(3)18-4/h7-10H,5-6H2,1-4H3,(H,16,17). The minimum atomic E-state index is -0.516. The summed E-state index contributed by atoms with van der Waals surface area (Å²) in [6.07, 6.45) is 0.499. The Morgan fingerprint density at radius 3 is 2.95 bits per heavy atom. The normalized spacial score (nSPS) is 18.1. The van der Waals surface area contributed by atoms with Crippen LogP contribution in [0.2, 0.25) is 0 Å². The van der Waals surface area contributed by atoms with Crippen LogP contribution in [-0.4, -0.2) is 31.8 Å². The Morgan fingerprint density at radius 1 is 1.55 bits per heavy atom. The molecule has 0 aromatic heterocycles. The lowest BCUT2D eigenvalue weighted by atomic mass is 10.1. The Morgan fingerprint density at radius 2 is 2.30 bits per heavy atom. The molecule has 1 heterocycles. The van der Waals surface area contributed by atoms with Crippen LogP contribution in [-0.2, 0) is 16.0 Å². The number of rotatable bonds is 5. The van der Waals surface area contributed by atoms with Gasteiger partial charge in [0, 0.05) is 25.2 Å². The van der Waals surface area contributed by atoms with Gasteiger partial charge < -0.3 is 19.5 Å². The highest BCUT2D eigenvalue weighted by Crippen LogP contribution is 2.38. The third-order valence-corrected chi connectivity index (χ3v) is 3.28. The molecule has 0 bridgehead atoms. The Hall–Kier alpha value is -1.75. The monoisotopic (exact) mass is 279 g/mol. The van der Waals surface area contributed by atoms with Crippen molar-refractivity contribution in [2.45, 2.75) is 39.4 Å². The summed E-state index contributed by atoms with van der Waals surface area (Å²) in [6.45, 7) is 6.17. The van der Waals surface area contributed by atoms with Crippen molar-refractivity contribution in [3.63, 3.8) is 0 Å². The average molecular weight is 279 g/mol. The number of ether oxygens (including phenoxy) is 3. The van der Waals surface area contributed by atoms with Crippen LogP contribution < -0.4 is 14.8 Å². The predicted molar refractivity (Wildman–Crippen MR) is 76.5 cm³/mol. The first-order chi connectivity index (χ1) is 9.55. The van der Waals surface area contributed by atoms with E-state index in [1.807, 2.05) is 26.0 Å². The number of benzene rings is 1. The van der Waals surface area contributed by atoms with Gasteiger partial charge in [-0.15, -0.1) is 0 Å². The van der Waals surface area contributed by atoms with Crippen molar-refractivity contribution in [3.05, 3.63) is 17.7 Å². The number of hydrogen-bond donors (Lipinski definition) is 1. The van der Waals surface area contributed by atoms with Crippen LogP contribution in [0.4, 0.5) is 5.69 Å². The molecule has 0 aliphatic carbocycles. The van der Waals surface area contributed by atoms with Gasteiger partial charge in [0.15, 0.2) is 0 Å². The lowest BCUT2D eigenvalue weighted by Gasteiger charge is -2.15. The van der Waals surface area contributed by atoms with Crippen LogP contribution in [0.3, 0.4) is 0 Å². The first-order valence-electron chi connectivity index (χ1n) is 6.85. The van der Waals surface area contributed by atoms with Gasteiger partial charge in [0.25, 0.3) is 5.91 Å². The quantitative estimate of drug-likeness (QED) is 0.899. The molecule has 0 saturated heterocycles. The van der Waals surface area contributed by atoms with E-state index >= 15 is 0 Å². The van der Waals surface area contributed by atoms with Gasteiger partial charge in [-0.25, -0.2) is 0 Å². The average Bonchev–Trinajstić information content (AvgIpc) is 2.77. The van der Waals surface area contributed by atoms with Crippen molar-refractivity contribution >= 4 is 11.6 Å². The van der Waals surface area contributed by atoms with E-state index in [9.17, 15) is 4.79 Å². The maximum absolute atomic E-state index is 11.9. The number of amides is 1. The number of carbonyl (C=O) groups excluding carboxylic acids is 1. The van der Waals surface area contributed by atoms with Gasteiger partial charge in [-0.1, -0.05) is 0 Å². The summed E-state index contributed by atoms with van der Waals surface area (Å²) in [6, 6.07) is 3.76. The van der Waals surface area contributed by atoms with E-state index in [0.29, 0.717) is 18.0 Å². The number of nitrogens with one attached hydrogen (secondary N) is 1. The van der Waals surface area contributed by atoms with Crippen molar-refractivity contribution < 1.29 is 19.0 Å². The van der Waals surface area contributed by atoms with E-state index < -0.39 is 6.10 Å². The minimum absolute atomic E-state index is 0.156.